The predicted molar refractivity (Wildman–Crippen MR) is 118 cm³/mol. The molecule has 4 rings (SSSR count). The first-order valence-corrected chi connectivity index (χ1v) is 10.4. The molecule has 1 unspecified atom stereocenters. The molecule has 1 aliphatic rings. The van der Waals surface area contributed by atoms with Crippen molar-refractivity contribution in [2.24, 2.45) is 0 Å². The topological polar surface area (TPSA) is 117 Å². The third-order valence-corrected chi connectivity index (χ3v) is 5.63. The molecule has 0 bridgehead atoms. The minimum Gasteiger partial charge on any atom is -0.383 e. The van der Waals surface area contributed by atoms with Crippen LogP contribution in [0.4, 0.5) is 16.0 Å². The summed E-state index contributed by atoms with van der Waals surface area (Å²) in [6.45, 7) is 2.22. The molecule has 1 aliphatic heterocycles. The fourth-order valence-electron chi connectivity index (χ4n) is 3.99. The number of hydrogen-bond acceptors (Lipinski definition) is 8. The lowest BCUT2D eigenvalue weighted by Gasteiger charge is -2.27. The number of aliphatic hydroxyl groups is 1. The molecular formula is C21H26FN7O4. The van der Waals surface area contributed by atoms with Crippen LogP contribution in [0.3, 0.4) is 0 Å². The summed E-state index contributed by atoms with van der Waals surface area (Å²) in [7, 11) is 5.15. The fraction of sp³-hybridized carbons (Fsp3) is 0.429. The normalized spacial score (nSPS) is 16.7. The zero-order valence-corrected chi connectivity index (χ0v) is 18.8. The Morgan fingerprint density at radius 3 is 2.82 bits per heavy atom. The molecule has 176 valence electrons. The molecule has 12 heteroatoms. The highest BCUT2D eigenvalue weighted by atomic mass is 19.1. The largest absolute Gasteiger partial charge is 0.383 e. The van der Waals surface area contributed by atoms with E-state index in [4.69, 9.17) is 4.74 Å². The Bertz CT molecular complexity index is 1240. The minimum atomic E-state index is -1.11. The number of aromatic nitrogens is 4. The van der Waals surface area contributed by atoms with Gasteiger partial charge in [-0.2, -0.15) is 4.52 Å². The van der Waals surface area contributed by atoms with Crippen LogP contribution < -0.4 is 15.8 Å². The summed E-state index contributed by atoms with van der Waals surface area (Å²) in [4.78, 5) is 33.4. The van der Waals surface area contributed by atoms with Crippen molar-refractivity contribution in [1.82, 2.24) is 24.1 Å². The van der Waals surface area contributed by atoms with E-state index >= 15 is 0 Å². The molecule has 2 N–H and O–H groups in total. The van der Waals surface area contributed by atoms with Gasteiger partial charge in [-0.05, 0) is 19.1 Å². The lowest BCUT2D eigenvalue weighted by atomic mass is 10.2. The molecule has 4 heterocycles. The molecule has 3 aromatic heterocycles. The molecule has 0 radical (unpaired) electrons. The van der Waals surface area contributed by atoms with Crippen molar-refractivity contribution in [3.63, 3.8) is 0 Å². The molecule has 3 aromatic rings. The van der Waals surface area contributed by atoms with Crippen LogP contribution in [0.1, 0.15) is 24.4 Å². The first kappa shape index (κ1) is 22.8. The molecule has 33 heavy (non-hydrogen) atoms. The number of methoxy groups -OCH3 is 1. The van der Waals surface area contributed by atoms with Crippen LogP contribution in [0.15, 0.2) is 29.2 Å². The van der Waals surface area contributed by atoms with Crippen LogP contribution in [0, 0.1) is 5.82 Å². The quantitative estimate of drug-likeness (QED) is 0.527. The summed E-state index contributed by atoms with van der Waals surface area (Å²) < 4.78 is 21.2. The van der Waals surface area contributed by atoms with Gasteiger partial charge in [0, 0.05) is 39.9 Å². The second kappa shape index (κ2) is 8.89. The van der Waals surface area contributed by atoms with Gasteiger partial charge in [0.1, 0.15) is 30.1 Å². The first-order valence-electron chi connectivity index (χ1n) is 10.4. The lowest BCUT2D eigenvalue weighted by Crippen LogP contribution is -2.35. The second-order valence-corrected chi connectivity index (χ2v) is 8.18. The number of pyridine rings is 1. The number of amides is 1. The van der Waals surface area contributed by atoms with E-state index in [0.717, 1.165) is 6.20 Å². The number of hydrogen-bond donors (Lipinski definition) is 2. The van der Waals surface area contributed by atoms with Crippen LogP contribution in [0.2, 0.25) is 0 Å². The highest BCUT2D eigenvalue weighted by molar-refractivity contribution is 5.90. The smallest absolute Gasteiger partial charge is 0.279 e. The number of aliphatic hydroxyl groups excluding tert-OH is 1. The molecule has 0 aromatic carbocycles. The van der Waals surface area contributed by atoms with E-state index in [9.17, 15) is 19.1 Å². The molecule has 0 spiro atoms. The standard InChI is InChI=1S/C21H26FN7O4/c1-12(11-33-4)27-9-14-19(21(27)32)28(10-17(30)24-15-6-5-13(22)8-23-15)18-7-16(26(2)3)25-29(18)20(14)31/h5-8,12,21,32H,9-11H2,1-4H3,(H,23,24,30)/t12-,21?/m0/s1. The van der Waals surface area contributed by atoms with Crippen molar-refractivity contribution in [1.29, 1.82) is 0 Å². The number of nitrogens with one attached hydrogen (secondary N) is 1. The third kappa shape index (κ3) is 4.19. The predicted octanol–water partition coefficient (Wildman–Crippen LogP) is 0.576. The maximum atomic E-state index is 13.2. The van der Waals surface area contributed by atoms with Crippen molar-refractivity contribution in [2.45, 2.75) is 32.3 Å². The number of ether oxygens (including phenoxy) is 1. The van der Waals surface area contributed by atoms with E-state index in [1.165, 1.54) is 16.6 Å². The van der Waals surface area contributed by atoms with Gasteiger partial charge >= 0.3 is 0 Å². The summed E-state index contributed by atoms with van der Waals surface area (Å²) in [6, 6.07) is 4.05. The maximum absolute atomic E-state index is 13.2. The average molecular weight is 459 g/mol. The van der Waals surface area contributed by atoms with Gasteiger partial charge in [-0.15, -0.1) is 5.10 Å². The third-order valence-electron chi connectivity index (χ3n) is 5.63. The SMILES string of the molecule is COC[C@H](C)N1Cc2c(n(CC(=O)Nc3ccc(F)cn3)c3cc(N(C)C)nn3c2=O)C1O. The van der Waals surface area contributed by atoms with Gasteiger partial charge < -0.3 is 24.6 Å². The van der Waals surface area contributed by atoms with E-state index in [1.807, 2.05) is 6.92 Å². The van der Waals surface area contributed by atoms with Gasteiger partial charge in [-0.1, -0.05) is 0 Å². The van der Waals surface area contributed by atoms with E-state index in [1.54, 1.807) is 41.6 Å². The van der Waals surface area contributed by atoms with Crippen molar-refractivity contribution >= 4 is 23.2 Å². The first-order chi connectivity index (χ1) is 15.7. The Kier molecular flexibility index (Phi) is 6.15. The van der Waals surface area contributed by atoms with Gasteiger partial charge in [-0.25, -0.2) is 9.37 Å². The van der Waals surface area contributed by atoms with Crippen LogP contribution in [0.25, 0.3) is 5.65 Å². The number of carbonyl (C=O) groups is 1. The highest BCUT2D eigenvalue weighted by Gasteiger charge is 2.38. The number of carbonyl (C=O) groups excluding carboxylic acids is 1. The lowest BCUT2D eigenvalue weighted by molar-refractivity contribution is -0.116. The van der Waals surface area contributed by atoms with Crippen LogP contribution >= 0.6 is 0 Å². The van der Waals surface area contributed by atoms with Crippen LogP contribution in [-0.2, 0) is 22.6 Å². The van der Waals surface area contributed by atoms with Crippen molar-refractivity contribution < 1.29 is 19.0 Å². The summed E-state index contributed by atoms with van der Waals surface area (Å²) in [5, 5.41) is 18.1. The zero-order valence-electron chi connectivity index (χ0n) is 18.8. The summed E-state index contributed by atoms with van der Waals surface area (Å²) in [5.74, 6) is -0.250. The fourth-order valence-corrected chi connectivity index (χ4v) is 3.99. The Morgan fingerprint density at radius 2 is 2.18 bits per heavy atom. The van der Waals surface area contributed by atoms with Gasteiger partial charge in [-0.3, -0.25) is 14.5 Å². The van der Waals surface area contributed by atoms with Crippen molar-refractivity contribution in [3.8, 4) is 0 Å². The van der Waals surface area contributed by atoms with Gasteiger partial charge in [0.2, 0.25) is 5.91 Å². The Labute approximate surface area is 189 Å². The second-order valence-electron chi connectivity index (χ2n) is 8.18. The molecule has 0 fully saturated rings. The average Bonchev–Trinajstić information content (AvgIpc) is 3.36. The molecule has 0 aliphatic carbocycles. The van der Waals surface area contributed by atoms with E-state index in [2.05, 4.69) is 15.4 Å². The summed E-state index contributed by atoms with van der Waals surface area (Å²) in [5.41, 5.74) is 0.711. The highest BCUT2D eigenvalue weighted by Crippen LogP contribution is 2.33. The van der Waals surface area contributed by atoms with Crippen LogP contribution in [0.5, 0.6) is 0 Å². The van der Waals surface area contributed by atoms with Crippen molar-refractivity contribution in [3.05, 3.63) is 51.8 Å². The minimum absolute atomic E-state index is 0.174. The number of rotatable bonds is 7. The zero-order chi connectivity index (χ0) is 23.9. The van der Waals surface area contributed by atoms with Crippen molar-refractivity contribution in [2.75, 3.05) is 38.0 Å². The Morgan fingerprint density at radius 1 is 1.42 bits per heavy atom. The Hall–Kier alpha value is -3.35. The number of nitrogens with zero attached hydrogens (tertiary/aromatic N) is 6. The Balaban J connectivity index is 1.78. The van der Waals surface area contributed by atoms with Gasteiger partial charge in [0.05, 0.1) is 24.1 Å². The van der Waals surface area contributed by atoms with Crippen LogP contribution in [-0.4, -0.2) is 68.9 Å². The molecule has 0 saturated carbocycles. The monoisotopic (exact) mass is 459 g/mol. The number of fused-ring (bicyclic) bond motifs is 2. The summed E-state index contributed by atoms with van der Waals surface area (Å²) >= 11 is 0. The van der Waals surface area contributed by atoms with Gasteiger partial charge in [0.25, 0.3) is 5.56 Å². The van der Waals surface area contributed by atoms with E-state index < -0.39 is 18.0 Å². The molecule has 1 amide bonds. The number of anilines is 2. The molecule has 11 nitrogen and oxygen atoms in total. The maximum Gasteiger partial charge on any atom is 0.279 e. The molecular weight excluding hydrogens is 433 g/mol. The van der Waals surface area contributed by atoms with E-state index in [0.29, 0.717) is 29.3 Å². The van der Waals surface area contributed by atoms with Gasteiger partial charge in [0.15, 0.2) is 5.82 Å². The molecule has 0 saturated heterocycles. The molecule has 2 atom stereocenters. The van der Waals surface area contributed by atoms with E-state index in [-0.39, 0.29) is 30.5 Å². The summed E-state index contributed by atoms with van der Waals surface area (Å²) in [6.07, 6.45) is -0.110. The number of halogens is 1.